The van der Waals surface area contributed by atoms with Gasteiger partial charge >= 0.3 is 5.69 Å². The van der Waals surface area contributed by atoms with E-state index in [2.05, 4.69) is 21.5 Å². The zero-order chi connectivity index (χ0) is 36.0. The molecule has 1 atom stereocenters. The normalized spacial score (nSPS) is 16.0. The highest BCUT2D eigenvalue weighted by molar-refractivity contribution is 6.08. The standard InChI is InChI=1S/C38H36F2N8O3/c1-5-30(49)45-17-18-46(23(4)21-45)35-26-19-28(40)33-31-27(39)11-6-12-29(31)47(37(50)25-9-7-14-41-20-25)16-8-10-24-13-15-42-32(22(2)3)34(24)48(36(26)43-33)38(51)44-35/h5-7,9,11-15,19-20,22-23H,1,8,10,16-18,21H2,2-4H3/t23-/m0/s1. The number of benzene rings is 1. The number of nitrogens with zero attached hydrogens (tertiary/aromatic N) is 8. The first-order chi connectivity index (χ1) is 24.6. The van der Waals surface area contributed by atoms with E-state index in [4.69, 9.17) is 4.98 Å². The summed E-state index contributed by atoms with van der Waals surface area (Å²) in [4.78, 5) is 63.9. The summed E-state index contributed by atoms with van der Waals surface area (Å²) in [6.45, 7) is 10.5. The maximum atomic E-state index is 16.7. The van der Waals surface area contributed by atoms with E-state index in [0.29, 0.717) is 43.9 Å². The Balaban J connectivity index is 1.54. The molecular formula is C38H36F2N8O3. The van der Waals surface area contributed by atoms with Crippen LogP contribution in [0.25, 0.3) is 28.0 Å². The number of carbonyl (C=O) groups is 2. The van der Waals surface area contributed by atoms with Gasteiger partial charge in [-0.2, -0.15) is 4.98 Å². The molecule has 260 valence electrons. The van der Waals surface area contributed by atoms with Gasteiger partial charge in [-0.15, -0.1) is 0 Å². The highest BCUT2D eigenvalue weighted by atomic mass is 19.1. The lowest BCUT2D eigenvalue weighted by atomic mass is 9.99. The number of hydrogen-bond donors (Lipinski definition) is 0. The molecule has 2 bridgehead atoms. The van der Waals surface area contributed by atoms with Gasteiger partial charge in [0.15, 0.2) is 11.5 Å². The molecule has 2 amide bonds. The number of halogens is 2. The van der Waals surface area contributed by atoms with Crippen molar-refractivity contribution >= 4 is 34.4 Å². The lowest BCUT2D eigenvalue weighted by Gasteiger charge is -2.40. The van der Waals surface area contributed by atoms with Crippen LogP contribution in [0.5, 0.6) is 0 Å². The number of pyridine rings is 3. The fourth-order valence-electron chi connectivity index (χ4n) is 7.07. The number of amides is 2. The van der Waals surface area contributed by atoms with Gasteiger partial charge in [-0.05, 0) is 73.7 Å². The van der Waals surface area contributed by atoms with Gasteiger partial charge in [0.1, 0.15) is 17.3 Å². The Bertz CT molecular complexity index is 2260. The van der Waals surface area contributed by atoms with Crippen molar-refractivity contribution in [3.63, 3.8) is 0 Å². The van der Waals surface area contributed by atoms with Crippen LogP contribution in [0.15, 0.2) is 78.5 Å². The molecule has 0 radical (unpaired) electrons. The van der Waals surface area contributed by atoms with E-state index < -0.39 is 23.2 Å². The zero-order valence-corrected chi connectivity index (χ0v) is 28.5. The minimum absolute atomic E-state index is 0.0641. The number of aromatic nitrogens is 5. The van der Waals surface area contributed by atoms with Gasteiger partial charge in [0.2, 0.25) is 5.91 Å². The monoisotopic (exact) mass is 690 g/mol. The summed E-state index contributed by atoms with van der Waals surface area (Å²) in [6, 6.07) is 10.2. The molecule has 7 rings (SSSR count). The van der Waals surface area contributed by atoms with Crippen molar-refractivity contribution in [1.82, 2.24) is 29.4 Å². The lowest BCUT2D eigenvalue weighted by molar-refractivity contribution is -0.126. The van der Waals surface area contributed by atoms with Crippen LogP contribution in [0.1, 0.15) is 54.7 Å². The van der Waals surface area contributed by atoms with Crippen molar-refractivity contribution < 1.29 is 18.4 Å². The van der Waals surface area contributed by atoms with Crippen LogP contribution in [0.4, 0.5) is 20.3 Å². The second kappa shape index (κ2) is 13.5. The van der Waals surface area contributed by atoms with Crippen molar-refractivity contribution in [2.45, 2.75) is 45.6 Å². The third kappa shape index (κ3) is 5.92. The van der Waals surface area contributed by atoms with Crippen molar-refractivity contribution in [1.29, 1.82) is 0 Å². The Morgan fingerprint density at radius 1 is 1.02 bits per heavy atom. The summed E-state index contributed by atoms with van der Waals surface area (Å²) < 4.78 is 34.2. The molecule has 0 unspecified atom stereocenters. The minimum atomic E-state index is -0.864. The molecular weight excluding hydrogens is 654 g/mol. The van der Waals surface area contributed by atoms with Crippen LogP contribution in [0, 0.1) is 11.6 Å². The van der Waals surface area contributed by atoms with Gasteiger partial charge in [-0.25, -0.2) is 23.1 Å². The van der Waals surface area contributed by atoms with E-state index in [1.165, 1.54) is 39.9 Å². The van der Waals surface area contributed by atoms with E-state index in [1.807, 2.05) is 31.7 Å². The molecule has 0 saturated carbocycles. The lowest BCUT2D eigenvalue weighted by Crippen LogP contribution is -2.54. The summed E-state index contributed by atoms with van der Waals surface area (Å²) in [6.07, 6.45) is 6.75. The first-order valence-corrected chi connectivity index (χ1v) is 16.9. The topological polar surface area (TPSA) is 117 Å². The fourth-order valence-corrected chi connectivity index (χ4v) is 7.07. The molecule has 1 aromatic carbocycles. The smallest absolute Gasteiger partial charge is 0.350 e. The minimum Gasteiger partial charge on any atom is -0.350 e. The van der Waals surface area contributed by atoms with Gasteiger partial charge in [0, 0.05) is 50.8 Å². The first-order valence-electron chi connectivity index (χ1n) is 16.9. The van der Waals surface area contributed by atoms with Crippen molar-refractivity contribution in [3.8, 4) is 16.9 Å². The van der Waals surface area contributed by atoms with Crippen LogP contribution < -0.4 is 15.5 Å². The molecule has 4 aromatic heterocycles. The third-order valence-electron chi connectivity index (χ3n) is 9.49. The number of carbonyl (C=O) groups excluding carboxylic acids is 2. The predicted molar refractivity (Wildman–Crippen MR) is 190 cm³/mol. The molecule has 0 spiro atoms. The van der Waals surface area contributed by atoms with Crippen LogP contribution in [-0.2, 0) is 11.2 Å². The van der Waals surface area contributed by atoms with E-state index in [-0.39, 0.29) is 63.8 Å². The molecule has 5 aromatic rings. The Labute approximate surface area is 292 Å². The van der Waals surface area contributed by atoms with Gasteiger partial charge < -0.3 is 14.7 Å². The average molecular weight is 691 g/mol. The van der Waals surface area contributed by atoms with Gasteiger partial charge in [0.25, 0.3) is 5.91 Å². The van der Waals surface area contributed by atoms with Crippen molar-refractivity contribution in [3.05, 3.63) is 113 Å². The molecule has 0 N–H and O–H groups in total. The molecule has 1 saturated heterocycles. The van der Waals surface area contributed by atoms with Crippen molar-refractivity contribution in [2.75, 3.05) is 36.0 Å². The quantitative estimate of drug-likeness (QED) is 0.229. The van der Waals surface area contributed by atoms with Crippen LogP contribution in [0.2, 0.25) is 0 Å². The molecule has 51 heavy (non-hydrogen) atoms. The maximum absolute atomic E-state index is 16.7. The average Bonchev–Trinajstić information content (AvgIpc) is 3.12. The third-order valence-corrected chi connectivity index (χ3v) is 9.49. The molecule has 2 aliphatic rings. The highest BCUT2D eigenvalue weighted by Gasteiger charge is 2.32. The van der Waals surface area contributed by atoms with Crippen LogP contribution in [0.3, 0.4) is 0 Å². The summed E-state index contributed by atoms with van der Waals surface area (Å²) in [7, 11) is 0. The molecule has 13 heteroatoms. The Kier molecular flexibility index (Phi) is 8.88. The van der Waals surface area contributed by atoms with E-state index in [1.54, 1.807) is 35.5 Å². The van der Waals surface area contributed by atoms with Gasteiger partial charge in [0.05, 0.1) is 33.6 Å². The van der Waals surface area contributed by atoms with Crippen LogP contribution >= 0.6 is 0 Å². The molecule has 0 aliphatic carbocycles. The summed E-state index contributed by atoms with van der Waals surface area (Å²) in [5.74, 6) is -2.23. The predicted octanol–water partition coefficient (Wildman–Crippen LogP) is 5.46. The highest BCUT2D eigenvalue weighted by Crippen LogP contribution is 2.39. The number of hydrogen-bond acceptors (Lipinski definition) is 8. The van der Waals surface area contributed by atoms with E-state index in [0.717, 1.165) is 5.56 Å². The van der Waals surface area contributed by atoms with E-state index in [9.17, 15) is 14.4 Å². The van der Waals surface area contributed by atoms with Crippen molar-refractivity contribution in [2.24, 2.45) is 0 Å². The summed E-state index contributed by atoms with van der Waals surface area (Å²) in [5, 5.41) is 0.231. The Hall–Kier alpha value is -5.85. The number of fused-ring (bicyclic) bond motifs is 5. The number of aryl methyl sites for hydroxylation is 1. The van der Waals surface area contributed by atoms with Crippen LogP contribution in [-0.4, -0.2) is 73.4 Å². The zero-order valence-electron chi connectivity index (χ0n) is 28.5. The second-order valence-corrected chi connectivity index (χ2v) is 13.1. The fraction of sp³-hybridized carbons (Fsp3) is 0.289. The number of anilines is 2. The Morgan fingerprint density at radius 3 is 2.57 bits per heavy atom. The summed E-state index contributed by atoms with van der Waals surface area (Å²) in [5.41, 5.74) is 1.08. The number of piperazine rings is 1. The van der Waals surface area contributed by atoms with E-state index >= 15 is 8.78 Å². The number of rotatable bonds is 4. The Morgan fingerprint density at radius 2 is 1.84 bits per heavy atom. The second-order valence-electron chi connectivity index (χ2n) is 13.1. The van der Waals surface area contributed by atoms with Gasteiger partial charge in [-0.1, -0.05) is 26.5 Å². The molecule has 6 heterocycles. The first kappa shape index (κ1) is 33.6. The molecule has 11 nitrogen and oxygen atoms in total. The SMILES string of the molecule is C=CC(=O)N1CCN(c2nc(=O)n3c4nc(c(F)cc24)-c2c(F)cccc2N(C(=O)c2cccnc2)CCCc2ccnc(C(C)C)c2-3)[C@@H](C)C1. The molecule has 2 aliphatic heterocycles. The largest absolute Gasteiger partial charge is 0.355 e. The molecule has 1 fully saturated rings. The maximum Gasteiger partial charge on any atom is 0.355 e. The summed E-state index contributed by atoms with van der Waals surface area (Å²) >= 11 is 0. The van der Waals surface area contributed by atoms with Gasteiger partial charge in [-0.3, -0.25) is 19.6 Å².